The summed E-state index contributed by atoms with van der Waals surface area (Å²) < 4.78 is 0. The summed E-state index contributed by atoms with van der Waals surface area (Å²) in [6.07, 6.45) is 0. The summed E-state index contributed by atoms with van der Waals surface area (Å²) in [5.41, 5.74) is 12.1. The number of benzene rings is 1. The summed E-state index contributed by atoms with van der Waals surface area (Å²) in [5.74, 6) is -0.647. The molecule has 0 saturated heterocycles. The number of rotatable bonds is 5. The van der Waals surface area contributed by atoms with E-state index in [-0.39, 0.29) is 18.0 Å². The molecule has 0 atom stereocenters. The lowest BCUT2D eigenvalue weighted by atomic mass is 10.1. The maximum atomic E-state index is 11.6. The second-order valence-electron chi connectivity index (χ2n) is 3.93. The third-order valence-electron chi connectivity index (χ3n) is 2.64. The Kier molecular flexibility index (Phi) is 4.53. The lowest BCUT2D eigenvalue weighted by Gasteiger charge is -2.16. The smallest absolute Gasteiger partial charge is 0.250 e. The molecular formula is C12H18N4O2. The number of carbonyl (C=O) groups is 2. The van der Waals surface area contributed by atoms with Gasteiger partial charge in [-0.2, -0.15) is 0 Å². The summed E-state index contributed by atoms with van der Waals surface area (Å²) in [5, 5.41) is 2.89. The van der Waals surface area contributed by atoms with Gasteiger partial charge in [0.1, 0.15) is 0 Å². The molecule has 6 nitrogen and oxygen atoms in total. The van der Waals surface area contributed by atoms with E-state index in [4.69, 9.17) is 11.5 Å². The first-order chi connectivity index (χ1) is 8.45. The highest BCUT2D eigenvalue weighted by atomic mass is 16.2. The normalized spacial score (nSPS) is 9.89. The van der Waals surface area contributed by atoms with Gasteiger partial charge in [0.05, 0.1) is 12.1 Å². The van der Waals surface area contributed by atoms with Crippen LogP contribution in [0.3, 0.4) is 0 Å². The molecule has 6 heteroatoms. The van der Waals surface area contributed by atoms with Crippen molar-refractivity contribution in [2.24, 2.45) is 5.73 Å². The van der Waals surface area contributed by atoms with Gasteiger partial charge < -0.3 is 21.7 Å². The monoisotopic (exact) mass is 250 g/mol. The van der Waals surface area contributed by atoms with E-state index in [1.54, 1.807) is 24.1 Å². The van der Waals surface area contributed by atoms with Crippen LogP contribution in [0.1, 0.15) is 17.3 Å². The number of hydrogen-bond acceptors (Lipinski definition) is 4. The van der Waals surface area contributed by atoms with E-state index in [0.29, 0.717) is 17.9 Å². The molecule has 0 heterocycles. The van der Waals surface area contributed by atoms with Gasteiger partial charge in [-0.3, -0.25) is 9.59 Å². The Morgan fingerprint density at radius 1 is 1.39 bits per heavy atom. The SMILES string of the molecule is CCN(C)C(=O)CNc1ccc(N)cc1C(N)=O. The molecular weight excluding hydrogens is 232 g/mol. The van der Waals surface area contributed by atoms with Crippen LogP contribution in [0.25, 0.3) is 0 Å². The summed E-state index contributed by atoms with van der Waals surface area (Å²) >= 11 is 0. The average molecular weight is 250 g/mol. The molecule has 2 amide bonds. The van der Waals surface area contributed by atoms with Crippen LogP contribution in [-0.4, -0.2) is 36.9 Å². The number of nitrogens with zero attached hydrogens (tertiary/aromatic N) is 1. The fraction of sp³-hybridized carbons (Fsp3) is 0.333. The van der Waals surface area contributed by atoms with Gasteiger partial charge in [0.2, 0.25) is 5.91 Å². The maximum Gasteiger partial charge on any atom is 0.250 e. The van der Waals surface area contributed by atoms with Crippen molar-refractivity contribution < 1.29 is 9.59 Å². The van der Waals surface area contributed by atoms with Gasteiger partial charge in [0.15, 0.2) is 0 Å². The van der Waals surface area contributed by atoms with E-state index in [1.807, 2.05) is 6.92 Å². The van der Waals surface area contributed by atoms with E-state index < -0.39 is 5.91 Å². The molecule has 0 spiro atoms. The first-order valence-corrected chi connectivity index (χ1v) is 5.62. The largest absolute Gasteiger partial charge is 0.399 e. The molecule has 0 radical (unpaired) electrons. The molecule has 18 heavy (non-hydrogen) atoms. The van der Waals surface area contributed by atoms with Gasteiger partial charge in [-0.25, -0.2) is 0 Å². The van der Waals surface area contributed by atoms with Crippen molar-refractivity contribution in [3.63, 3.8) is 0 Å². The second kappa shape index (κ2) is 5.90. The molecule has 0 aliphatic rings. The minimum atomic E-state index is -0.582. The van der Waals surface area contributed by atoms with Gasteiger partial charge >= 0.3 is 0 Å². The second-order valence-corrected chi connectivity index (χ2v) is 3.93. The number of primary amides is 1. The zero-order valence-electron chi connectivity index (χ0n) is 10.6. The fourth-order valence-corrected chi connectivity index (χ4v) is 1.40. The predicted molar refractivity (Wildman–Crippen MR) is 71.2 cm³/mol. The van der Waals surface area contributed by atoms with Gasteiger partial charge in [0, 0.05) is 25.0 Å². The average Bonchev–Trinajstić information content (AvgIpc) is 2.35. The number of nitrogen functional groups attached to an aromatic ring is 1. The van der Waals surface area contributed by atoms with E-state index in [0.717, 1.165) is 0 Å². The molecule has 98 valence electrons. The van der Waals surface area contributed by atoms with Crippen LogP contribution in [0.15, 0.2) is 18.2 Å². The van der Waals surface area contributed by atoms with Crippen LogP contribution in [0.5, 0.6) is 0 Å². The lowest BCUT2D eigenvalue weighted by Crippen LogP contribution is -2.32. The molecule has 1 rings (SSSR count). The first-order valence-electron chi connectivity index (χ1n) is 5.62. The van der Waals surface area contributed by atoms with E-state index >= 15 is 0 Å². The van der Waals surface area contributed by atoms with Gasteiger partial charge in [-0.05, 0) is 25.1 Å². The molecule has 1 aromatic rings. The third-order valence-corrected chi connectivity index (χ3v) is 2.64. The number of amides is 2. The zero-order chi connectivity index (χ0) is 13.7. The minimum absolute atomic E-state index is 0.0651. The van der Waals surface area contributed by atoms with Crippen molar-refractivity contribution in [3.05, 3.63) is 23.8 Å². The fourth-order valence-electron chi connectivity index (χ4n) is 1.40. The van der Waals surface area contributed by atoms with E-state index in [1.165, 1.54) is 6.07 Å². The van der Waals surface area contributed by atoms with Crippen molar-refractivity contribution in [1.29, 1.82) is 0 Å². The first kappa shape index (κ1) is 13.8. The van der Waals surface area contributed by atoms with Crippen molar-refractivity contribution in [3.8, 4) is 0 Å². The predicted octanol–water partition coefficient (Wildman–Crippen LogP) is 0.258. The molecule has 0 bridgehead atoms. The molecule has 0 saturated carbocycles. The van der Waals surface area contributed by atoms with E-state index in [2.05, 4.69) is 5.32 Å². The highest BCUT2D eigenvalue weighted by molar-refractivity contribution is 5.99. The molecule has 1 aromatic carbocycles. The summed E-state index contributed by atoms with van der Waals surface area (Å²) in [6, 6.07) is 4.76. The Morgan fingerprint density at radius 3 is 2.61 bits per heavy atom. The number of nitrogens with two attached hydrogens (primary N) is 2. The third kappa shape index (κ3) is 3.38. The molecule has 0 aromatic heterocycles. The Balaban J connectivity index is 2.79. The van der Waals surface area contributed by atoms with Crippen molar-refractivity contribution >= 4 is 23.2 Å². The van der Waals surface area contributed by atoms with Crippen LogP contribution in [0, 0.1) is 0 Å². The summed E-state index contributed by atoms with van der Waals surface area (Å²) in [4.78, 5) is 24.4. The number of carbonyl (C=O) groups excluding carboxylic acids is 2. The topological polar surface area (TPSA) is 101 Å². The van der Waals surface area contributed by atoms with Gasteiger partial charge in [-0.1, -0.05) is 0 Å². The van der Waals surface area contributed by atoms with Crippen LogP contribution in [-0.2, 0) is 4.79 Å². The zero-order valence-corrected chi connectivity index (χ0v) is 10.6. The lowest BCUT2D eigenvalue weighted by molar-refractivity contribution is -0.127. The molecule has 0 unspecified atom stereocenters. The maximum absolute atomic E-state index is 11.6. The van der Waals surface area contributed by atoms with Gasteiger partial charge in [0.25, 0.3) is 5.91 Å². The highest BCUT2D eigenvalue weighted by Gasteiger charge is 2.11. The summed E-state index contributed by atoms with van der Waals surface area (Å²) in [7, 11) is 1.71. The summed E-state index contributed by atoms with van der Waals surface area (Å²) in [6.45, 7) is 2.62. The Hall–Kier alpha value is -2.24. The Bertz CT molecular complexity index is 459. The molecule has 5 N–H and O–H groups in total. The molecule has 0 aliphatic heterocycles. The number of nitrogens with one attached hydrogen (secondary N) is 1. The molecule has 0 fully saturated rings. The quantitative estimate of drug-likeness (QED) is 0.652. The van der Waals surface area contributed by atoms with Crippen molar-refractivity contribution in [1.82, 2.24) is 4.90 Å². The molecule has 0 aliphatic carbocycles. The number of anilines is 2. The highest BCUT2D eigenvalue weighted by Crippen LogP contribution is 2.18. The van der Waals surface area contributed by atoms with Crippen molar-refractivity contribution in [2.45, 2.75) is 6.92 Å². The number of likely N-dealkylation sites (N-methyl/N-ethyl adjacent to an activating group) is 1. The Labute approximate surface area is 106 Å². The standard InChI is InChI=1S/C12H18N4O2/c1-3-16(2)11(17)7-15-10-5-4-8(13)6-9(10)12(14)18/h4-6,15H,3,7,13H2,1-2H3,(H2,14,18). The van der Waals surface area contributed by atoms with Crippen LogP contribution in [0.2, 0.25) is 0 Å². The van der Waals surface area contributed by atoms with Crippen LogP contribution >= 0.6 is 0 Å². The van der Waals surface area contributed by atoms with Crippen LogP contribution < -0.4 is 16.8 Å². The Morgan fingerprint density at radius 2 is 2.06 bits per heavy atom. The van der Waals surface area contributed by atoms with Gasteiger partial charge in [-0.15, -0.1) is 0 Å². The van der Waals surface area contributed by atoms with Crippen molar-refractivity contribution in [2.75, 3.05) is 31.2 Å². The van der Waals surface area contributed by atoms with Crippen LogP contribution in [0.4, 0.5) is 11.4 Å². The number of hydrogen-bond donors (Lipinski definition) is 3. The van der Waals surface area contributed by atoms with E-state index in [9.17, 15) is 9.59 Å². The minimum Gasteiger partial charge on any atom is -0.399 e.